The molecular formula is C16H11N5O2. The quantitative estimate of drug-likeness (QED) is 0.498. The van der Waals surface area contributed by atoms with Crippen LogP contribution in [-0.2, 0) is 7.05 Å². The van der Waals surface area contributed by atoms with E-state index in [4.69, 9.17) is 10.9 Å². The fourth-order valence-electron chi connectivity index (χ4n) is 2.74. The molecule has 0 aliphatic carbocycles. The highest BCUT2D eigenvalue weighted by molar-refractivity contribution is 5.88. The molecule has 3 heterocycles. The molecule has 7 heteroatoms. The molecule has 23 heavy (non-hydrogen) atoms. The lowest BCUT2D eigenvalue weighted by Crippen LogP contribution is -2.20. The van der Waals surface area contributed by atoms with Crippen molar-refractivity contribution in [1.82, 2.24) is 24.1 Å². The molecule has 0 bridgehead atoms. The minimum absolute atomic E-state index is 0.192. The number of terminal acetylenes is 1. The highest BCUT2D eigenvalue weighted by Crippen LogP contribution is 2.23. The van der Waals surface area contributed by atoms with Crippen molar-refractivity contribution >= 4 is 16.6 Å². The molecule has 4 aromatic rings. The van der Waals surface area contributed by atoms with Gasteiger partial charge >= 0.3 is 0 Å². The summed E-state index contributed by atoms with van der Waals surface area (Å²) in [6, 6.07) is 5.39. The van der Waals surface area contributed by atoms with Crippen molar-refractivity contribution in [3.05, 3.63) is 46.3 Å². The van der Waals surface area contributed by atoms with Gasteiger partial charge in [-0.25, -0.2) is 4.98 Å². The van der Waals surface area contributed by atoms with Gasteiger partial charge in [0.2, 0.25) is 11.7 Å². The molecule has 112 valence electrons. The van der Waals surface area contributed by atoms with Crippen molar-refractivity contribution < 1.29 is 4.52 Å². The molecule has 0 aliphatic rings. The molecule has 0 saturated heterocycles. The predicted octanol–water partition coefficient (Wildman–Crippen LogP) is 1.53. The summed E-state index contributed by atoms with van der Waals surface area (Å²) in [6.45, 7) is 1.70. The molecule has 4 rings (SSSR count). The van der Waals surface area contributed by atoms with Crippen LogP contribution in [0.25, 0.3) is 28.1 Å². The van der Waals surface area contributed by atoms with E-state index in [0.29, 0.717) is 39.5 Å². The third-order valence-electron chi connectivity index (χ3n) is 3.78. The number of imidazole rings is 1. The minimum Gasteiger partial charge on any atom is -0.339 e. The average Bonchev–Trinajstić information content (AvgIpc) is 3.18. The zero-order valence-corrected chi connectivity index (χ0v) is 12.4. The van der Waals surface area contributed by atoms with Crippen LogP contribution in [0.2, 0.25) is 0 Å². The van der Waals surface area contributed by atoms with E-state index in [-0.39, 0.29) is 5.56 Å². The van der Waals surface area contributed by atoms with E-state index in [1.807, 2.05) is 12.1 Å². The van der Waals surface area contributed by atoms with Crippen LogP contribution in [0.4, 0.5) is 0 Å². The Labute approximate surface area is 130 Å². The fourth-order valence-corrected chi connectivity index (χ4v) is 2.74. The topological polar surface area (TPSA) is 78.2 Å². The van der Waals surface area contributed by atoms with Crippen molar-refractivity contribution in [3.63, 3.8) is 0 Å². The van der Waals surface area contributed by atoms with Crippen LogP contribution in [0.5, 0.6) is 0 Å². The second-order valence-electron chi connectivity index (χ2n) is 5.13. The van der Waals surface area contributed by atoms with Gasteiger partial charge in [0.1, 0.15) is 6.33 Å². The number of aryl methyl sites for hydroxylation is 2. The van der Waals surface area contributed by atoms with Crippen molar-refractivity contribution in [2.24, 2.45) is 7.05 Å². The maximum Gasteiger partial charge on any atom is 0.262 e. The molecule has 0 saturated carbocycles. The number of hydrogen-bond acceptors (Lipinski definition) is 5. The summed E-state index contributed by atoms with van der Waals surface area (Å²) >= 11 is 0. The Balaban J connectivity index is 2.22. The molecule has 3 aromatic heterocycles. The number of nitrogens with zero attached hydrogens (tertiary/aromatic N) is 5. The first-order valence-electron chi connectivity index (χ1n) is 6.88. The SMILES string of the molecule is C#Cc1cccc2c1c(=O)n(C)c1c(-c3noc(C)n3)ncn21. The zero-order valence-electron chi connectivity index (χ0n) is 12.4. The largest absolute Gasteiger partial charge is 0.339 e. The highest BCUT2D eigenvalue weighted by Gasteiger charge is 2.19. The number of rotatable bonds is 1. The minimum atomic E-state index is -0.192. The Morgan fingerprint density at radius 3 is 2.87 bits per heavy atom. The Hall–Kier alpha value is -3.40. The van der Waals surface area contributed by atoms with Gasteiger partial charge in [-0.15, -0.1) is 6.42 Å². The molecule has 1 aromatic carbocycles. The molecule has 0 atom stereocenters. The molecule has 0 fully saturated rings. The lowest BCUT2D eigenvalue weighted by Gasteiger charge is -2.08. The zero-order chi connectivity index (χ0) is 16.1. The number of aromatic nitrogens is 5. The van der Waals surface area contributed by atoms with Gasteiger partial charge in [-0.1, -0.05) is 17.1 Å². The lowest BCUT2D eigenvalue weighted by atomic mass is 10.1. The Kier molecular flexibility index (Phi) is 2.62. The molecular weight excluding hydrogens is 294 g/mol. The molecule has 0 N–H and O–H groups in total. The standard InChI is InChI=1S/C16H11N5O2/c1-4-10-6-5-7-11-12(10)16(22)20(3)15-13(17-8-21(11)15)14-18-9(2)23-19-14/h1,5-8H,2-3H3. The van der Waals surface area contributed by atoms with Gasteiger partial charge in [-0.2, -0.15) is 4.98 Å². The molecule has 0 aliphatic heterocycles. The Morgan fingerprint density at radius 2 is 2.17 bits per heavy atom. The summed E-state index contributed by atoms with van der Waals surface area (Å²) in [5.74, 6) is 3.33. The highest BCUT2D eigenvalue weighted by atomic mass is 16.5. The maximum atomic E-state index is 12.8. The van der Waals surface area contributed by atoms with Gasteiger partial charge in [0.15, 0.2) is 11.3 Å². The third kappa shape index (κ3) is 1.72. The van der Waals surface area contributed by atoms with Gasteiger partial charge in [0.25, 0.3) is 5.56 Å². The van der Waals surface area contributed by atoms with Gasteiger partial charge in [0, 0.05) is 19.5 Å². The number of benzene rings is 1. The second kappa shape index (κ2) is 4.55. The Morgan fingerprint density at radius 1 is 1.35 bits per heavy atom. The lowest BCUT2D eigenvalue weighted by molar-refractivity contribution is 0.394. The number of fused-ring (bicyclic) bond motifs is 3. The van der Waals surface area contributed by atoms with E-state index in [1.54, 1.807) is 30.8 Å². The molecule has 0 unspecified atom stereocenters. The monoisotopic (exact) mass is 305 g/mol. The smallest absolute Gasteiger partial charge is 0.262 e. The maximum absolute atomic E-state index is 12.8. The summed E-state index contributed by atoms with van der Waals surface area (Å²) in [7, 11) is 1.67. The fraction of sp³-hybridized carbons (Fsp3) is 0.125. The van der Waals surface area contributed by atoms with Crippen molar-refractivity contribution in [2.75, 3.05) is 0 Å². The predicted molar refractivity (Wildman–Crippen MR) is 83.9 cm³/mol. The average molecular weight is 305 g/mol. The summed E-state index contributed by atoms with van der Waals surface area (Å²) in [4.78, 5) is 21.3. The van der Waals surface area contributed by atoms with E-state index >= 15 is 0 Å². The van der Waals surface area contributed by atoms with E-state index in [2.05, 4.69) is 21.0 Å². The molecule has 7 nitrogen and oxygen atoms in total. The van der Waals surface area contributed by atoms with E-state index in [9.17, 15) is 4.79 Å². The van der Waals surface area contributed by atoms with Gasteiger partial charge in [-0.05, 0) is 12.1 Å². The third-order valence-corrected chi connectivity index (χ3v) is 3.78. The van der Waals surface area contributed by atoms with Crippen LogP contribution in [0, 0.1) is 19.3 Å². The van der Waals surface area contributed by atoms with Crippen molar-refractivity contribution in [1.29, 1.82) is 0 Å². The first-order chi connectivity index (χ1) is 11.1. The summed E-state index contributed by atoms with van der Waals surface area (Å²) in [5, 5.41) is 4.37. The normalized spacial score (nSPS) is 11.2. The molecule has 0 spiro atoms. The Bertz CT molecular complexity index is 1170. The van der Waals surface area contributed by atoms with Gasteiger partial charge < -0.3 is 4.52 Å². The van der Waals surface area contributed by atoms with Crippen LogP contribution in [-0.4, -0.2) is 24.1 Å². The van der Waals surface area contributed by atoms with E-state index in [0.717, 1.165) is 0 Å². The van der Waals surface area contributed by atoms with Crippen LogP contribution in [0.15, 0.2) is 33.8 Å². The van der Waals surface area contributed by atoms with E-state index < -0.39 is 0 Å². The van der Waals surface area contributed by atoms with Crippen LogP contribution >= 0.6 is 0 Å². The first-order valence-corrected chi connectivity index (χ1v) is 6.88. The van der Waals surface area contributed by atoms with E-state index in [1.165, 1.54) is 4.57 Å². The molecule has 0 amide bonds. The van der Waals surface area contributed by atoms with Crippen molar-refractivity contribution in [3.8, 4) is 23.9 Å². The van der Waals surface area contributed by atoms with Crippen LogP contribution in [0.1, 0.15) is 11.5 Å². The number of hydrogen-bond donors (Lipinski definition) is 0. The van der Waals surface area contributed by atoms with Crippen LogP contribution < -0.4 is 5.56 Å². The summed E-state index contributed by atoms with van der Waals surface area (Å²) < 4.78 is 8.31. The van der Waals surface area contributed by atoms with Gasteiger partial charge in [-0.3, -0.25) is 13.8 Å². The van der Waals surface area contributed by atoms with Crippen molar-refractivity contribution in [2.45, 2.75) is 6.92 Å². The summed E-state index contributed by atoms with van der Waals surface area (Å²) in [6.07, 6.45) is 7.15. The first kappa shape index (κ1) is 13.3. The van der Waals surface area contributed by atoms with Crippen LogP contribution in [0.3, 0.4) is 0 Å². The van der Waals surface area contributed by atoms with Gasteiger partial charge in [0.05, 0.1) is 10.9 Å². The second-order valence-corrected chi connectivity index (χ2v) is 5.13. The molecule has 0 radical (unpaired) electrons. The summed E-state index contributed by atoms with van der Waals surface area (Å²) in [5.41, 5.74) is 2.11.